The number of unbranched alkanes of at least 4 members (excludes halogenated alkanes) is 59. The molecule has 1 amide bonds. The molecule has 6 heteroatoms. The zero-order valence-corrected chi connectivity index (χ0v) is 56.0. The van der Waals surface area contributed by atoms with Gasteiger partial charge in [-0.1, -0.05) is 386 Å². The smallest absolute Gasteiger partial charge is 0.305 e. The van der Waals surface area contributed by atoms with Gasteiger partial charge in [-0.3, -0.25) is 9.59 Å². The fourth-order valence-electron chi connectivity index (χ4n) is 12.3. The van der Waals surface area contributed by atoms with E-state index in [0.29, 0.717) is 25.9 Å². The van der Waals surface area contributed by atoms with Gasteiger partial charge in [0.05, 0.1) is 25.4 Å². The Labute approximate surface area is 514 Å². The molecule has 0 heterocycles. The summed E-state index contributed by atoms with van der Waals surface area (Å²) in [6, 6.07) is -0.541. The molecule has 0 bridgehead atoms. The van der Waals surface area contributed by atoms with Crippen molar-refractivity contribution in [1.29, 1.82) is 0 Å². The fraction of sp³-hybridized carbons (Fsp3) is 0.947. The number of rotatable bonds is 72. The van der Waals surface area contributed by atoms with Crippen LogP contribution < -0.4 is 5.32 Å². The molecule has 82 heavy (non-hydrogen) atoms. The van der Waals surface area contributed by atoms with E-state index in [0.717, 1.165) is 44.9 Å². The van der Waals surface area contributed by atoms with Crippen LogP contribution in [-0.4, -0.2) is 47.4 Å². The molecule has 0 spiro atoms. The molecule has 0 aliphatic carbocycles. The number of amides is 1. The summed E-state index contributed by atoms with van der Waals surface area (Å²) in [5, 5.41) is 23.5. The van der Waals surface area contributed by atoms with Gasteiger partial charge in [-0.15, -0.1) is 0 Å². The van der Waals surface area contributed by atoms with Crippen molar-refractivity contribution in [3.8, 4) is 0 Å². The summed E-state index contributed by atoms with van der Waals surface area (Å²) in [4.78, 5) is 24.7. The van der Waals surface area contributed by atoms with Gasteiger partial charge in [0, 0.05) is 12.8 Å². The molecule has 0 aromatic carbocycles. The van der Waals surface area contributed by atoms with E-state index in [1.165, 1.54) is 360 Å². The van der Waals surface area contributed by atoms with Gasteiger partial charge in [-0.2, -0.15) is 0 Å². The van der Waals surface area contributed by atoms with Crippen LogP contribution in [0, 0.1) is 0 Å². The maximum atomic E-state index is 12.6. The number of carbonyl (C=O) groups excluding carboxylic acids is 2. The second-order valence-electron chi connectivity index (χ2n) is 26.3. The number of hydrogen-bond acceptors (Lipinski definition) is 5. The number of aliphatic hydroxyl groups excluding tert-OH is 2. The Hall–Kier alpha value is -1.40. The van der Waals surface area contributed by atoms with Gasteiger partial charge in [-0.05, 0) is 51.4 Å². The molecule has 0 aliphatic heterocycles. The van der Waals surface area contributed by atoms with E-state index in [9.17, 15) is 19.8 Å². The van der Waals surface area contributed by atoms with Crippen molar-refractivity contribution in [3.05, 3.63) is 12.2 Å². The minimum Gasteiger partial charge on any atom is -0.466 e. The Bertz CT molecular complexity index is 1240. The SMILES string of the molecule is CCCCCCCCC/C=C\CCCCCCCCCC(=O)OCCCCCCCCCCCCCCCCCCCCCCCCCCC(=O)NC(CO)C(O)CCCCCCCCCCCCCCCCCCCCCCCCC. The number of ether oxygens (including phenoxy) is 1. The number of hydrogen-bond donors (Lipinski definition) is 3. The zero-order chi connectivity index (χ0) is 59.2. The Balaban J connectivity index is 3.35. The lowest BCUT2D eigenvalue weighted by molar-refractivity contribution is -0.143. The quantitative estimate of drug-likeness (QED) is 0.0320. The van der Waals surface area contributed by atoms with Crippen LogP contribution in [0.15, 0.2) is 12.2 Å². The summed E-state index contributed by atoms with van der Waals surface area (Å²) in [6.07, 6.45) is 89.9. The molecular weight excluding hydrogens is 1010 g/mol. The average Bonchev–Trinajstić information content (AvgIpc) is 3.48. The van der Waals surface area contributed by atoms with Gasteiger partial charge in [0.15, 0.2) is 0 Å². The number of aliphatic hydroxyl groups is 2. The van der Waals surface area contributed by atoms with E-state index in [-0.39, 0.29) is 18.5 Å². The zero-order valence-electron chi connectivity index (χ0n) is 56.0. The summed E-state index contributed by atoms with van der Waals surface area (Å²) in [6.45, 7) is 5.00. The van der Waals surface area contributed by atoms with Crippen molar-refractivity contribution in [2.75, 3.05) is 13.2 Å². The Morgan fingerprint density at radius 1 is 0.329 bits per heavy atom. The van der Waals surface area contributed by atoms with E-state index >= 15 is 0 Å². The van der Waals surface area contributed by atoms with Crippen LogP contribution in [0.3, 0.4) is 0 Å². The molecule has 0 rings (SSSR count). The molecule has 0 radical (unpaired) electrons. The molecule has 2 atom stereocenters. The molecule has 0 aromatic heterocycles. The highest BCUT2D eigenvalue weighted by Crippen LogP contribution is 2.20. The Morgan fingerprint density at radius 2 is 0.573 bits per heavy atom. The first kappa shape index (κ1) is 80.6. The highest BCUT2D eigenvalue weighted by Gasteiger charge is 2.20. The standard InChI is InChI=1S/C76H149NO5/c1-3-5-7-9-11-13-15-17-19-21-23-24-27-30-33-36-40-44-48-52-56-60-64-68-74(79)73(72-78)77-75(80)69-65-61-57-53-49-45-41-37-34-31-28-25-26-29-32-35-39-43-47-51-55-59-63-67-71-82-76(81)70-66-62-58-54-50-46-42-38-22-20-18-16-14-12-10-8-6-4-2/h20,22,73-74,78-79H,3-19,21,23-72H2,1-2H3,(H,77,80)/b22-20-. The highest BCUT2D eigenvalue weighted by atomic mass is 16.5. The van der Waals surface area contributed by atoms with Gasteiger partial charge in [0.1, 0.15) is 0 Å². The number of allylic oxidation sites excluding steroid dienone is 2. The number of carbonyl (C=O) groups is 2. The van der Waals surface area contributed by atoms with Crippen LogP contribution in [0.25, 0.3) is 0 Å². The molecule has 0 fully saturated rings. The van der Waals surface area contributed by atoms with Crippen molar-refractivity contribution >= 4 is 11.9 Å². The maximum Gasteiger partial charge on any atom is 0.305 e. The third-order valence-corrected chi connectivity index (χ3v) is 18.1. The molecule has 0 saturated heterocycles. The monoisotopic (exact) mass is 1160 g/mol. The van der Waals surface area contributed by atoms with Gasteiger partial charge in [-0.25, -0.2) is 0 Å². The van der Waals surface area contributed by atoms with Crippen LogP contribution in [0.2, 0.25) is 0 Å². The Morgan fingerprint density at radius 3 is 0.866 bits per heavy atom. The lowest BCUT2D eigenvalue weighted by Crippen LogP contribution is -2.45. The first-order valence-corrected chi connectivity index (χ1v) is 37.9. The predicted molar refractivity (Wildman–Crippen MR) is 361 cm³/mol. The van der Waals surface area contributed by atoms with Gasteiger partial charge < -0.3 is 20.3 Å². The largest absolute Gasteiger partial charge is 0.466 e. The minimum atomic E-state index is -0.664. The van der Waals surface area contributed by atoms with Crippen molar-refractivity contribution in [1.82, 2.24) is 5.32 Å². The molecule has 0 saturated carbocycles. The molecule has 3 N–H and O–H groups in total. The second-order valence-corrected chi connectivity index (χ2v) is 26.3. The fourth-order valence-corrected chi connectivity index (χ4v) is 12.3. The van der Waals surface area contributed by atoms with E-state index in [1.807, 2.05) is 0 Å². The lowest BCUT2D eigenvalue weighted by Gasteiger charge is -2.22. The maximum absolute atomic E-state index is 12.6. The van der Waals surface area contributed by atoms with Crippen molar-refractivity contribution in [3.63, 3.8) is 0 Å². The topological polar surface area (TPSA) is 95.9 Å². The Kier molecular flexibility index (Phi) is 70.8. The minimum absolute atomic E-state index is 0.0141. The second kappa shape index (κ2) is 72.1. The van der Waals surface area contributed by atoms with E-state index in [2.05, 4.69) is 31.3 Å². The molecule has 0 aromatic rings. The molecule has 2 unspecified atom stereocenters. The normalized spacial score (nSPS) is 12.5. The number of nitrogens with one attached hydrogen (secondary N) is 1. The van der Waals surface area contributed by atoms with Crippen molar-refractivity contribution in [2.45, 2.75) is 450 Å². The first-order valence-electron chi connectivity index (χ1n) is 37.9. The number of esters is 1. The van der Waals surface area contributed by atoms with Crippen LogP contribution in [0.5, 0.6) is 0 Å². The lowest BCUT2D eigenvalue weighted by atomic mass is 10.0. The van der Waals surface area contributed by atoms with Crippen molar-refractivity contribution in [2.24, 2.45) is 0 Å². The average molecular weight is 1160 g/mol. The summed E-state index contributed by atoms with van der Waals surface area (Å²) < 4.78 is 5.51. The highest BCUT2D eigenvalue weighted by molar-refractivity contribution is 5.76. The van der Waals surface area contributed by atoms with Crippen LogP contribution in [0.1, 0.15) is 438 Å². The summed E-state index contributed by atoms with van der Waals surface area (Å²) in [5.74, 6) is -0.0141. The first-order chi connectivity index (χ1) is 40.5. The van der Waals surface area contributed by atoms with Crippen LogP contribution in [-0.2, 0) is 14.3 Å². The van der Waals surface area contributed by atoms with E-state index in [4.69, 9.17) is 4.74 Å². The molecular formula is C76H149NO5. The molecule has 6 nitrogen and oxygen atoms in total. The summed E-state index contributed by atoms with van der Waals surface area (Å²) >= 11 is 0. The van der Waals surface area contributed by atoms with Crippen molar-refractivity contribution < 1.29 is 24.5 Å². The van der Waals surface area contributed by atoms with Crippen LogP contribution >= 0.6 is 0 Å². The van der Waals surface area contributed by atoms with Gasteiger partial charge >= 0.3 is 5.97 Å². The van der Waals surface area contributed by atoms with E-state index in [1.54, 1.807) is 0 Å². The summed E-state index contributed by atoms with van der Waals surface area (Å²) in [5.41, 5.74) is 0. The van der Waals surface area contributed by atoms with E-state index < -0.39 is 12.1 Å². The van der Waals surface area contributed by atoms with Gasteiger partial charge in [0.2, 0.25) is 5.91 Å². The summed E-state index contributed by atoms with van der Waals surface area (Å²) in [7, 11) is 0. The predicted octanol–water partition coefficient (Wildman–Crippen LogP) is 24.7. The third-order valence-electron chi connectivity index (χ3n) is 18.1. The molecule has 488 valence electrons. The third kappa shape index (κ3) is 67.7. The van der Waals surface area contributed by atoms with Gasteiger partial charge in [0.25, 0.3) is 0 Å². The molecule has 0 aliphatic rings. The van der Waals surface area contributed by atoms with Crippen LogP contribution in [0.4, 0.5) is 0 Å².